The van der Waals surface area contributed by atoms with Crippen LogP contribution in [0.1, 0.15) is 19.8 Å². The minimum atomic E-state index is 0.111. The van der Waals surface area contributed by atoms with E-state index in [1.54, 1.807) is 12.2 Å². The van der Waals surface area contributed by atoms with Crippen molar-refractivity contribution in [2.75, 3.05) is 6.54 Å². The summed E-state index contributed by atoms with van der Waals surface area (Å²) in [5.41, 5.74) is 0. The van der Waals surface area contributed by atoms with E-state index in [4.69, 9.17) is 0 Å². The van der Waals surface area contributed by atoms with Crippen LogP contribution in [-0.4, -0.2) is 23.4 Å². The van der Waals surface area contributed by atoms with Crippen molar-refractivity contribution >= 4 is 5.91 Å². The summed E-state index contributed by atoms with van der Waals surface area (Å²) in [6.45, 7) is 6.45. The normalized spacial score (nSPS) is 23.4. The molecule has 1 atom stereocenters. The van der Waals surface area contributed by atoms with Crippen molar-refractivity contribution in [3.63, 3.8) is 0 Å². The zero-order valence-corrected chi connectivity index (χ0v) is 7.49. The third-order valence-corrected chi connectivity index (χ3v) is 2.16. The Morgan fingerprint density at radius 1 is 1.67 bits per heavy atom. The molecule has 0 N–H and O–H groups in total. The third-order valence-electron chi connectivity index (χ3n) is 2.16. The molecule has 0 aromatic heterocycles. The van der Waals surface area contributed by atoms with Crippen LogP contribution in [0.15, 0.2) is 24.8 Å². The van der Waals surface area contributed by atoms with Gasteiger partial charge in [-0.3, -0.25) is 4.79 Å². The molecule has 66 valence electrons. The predicted molar refractivity (Wildman–Crippen MR) is 49.7 cm³/mol. The Morgan fingerprint density at radius 2 is 2.42 bits per heavy atom. The predicted octanol–water partition coefficient (Wildman–Crippen LogP) is 1.74. The number of carbonyl (C=O) groups excluding carboxylic acids is 1. The van der Waals surface area contributed by atoms with Crippen LogP contribution in [0.2, 0.25) is 0 Å². The van der Waals surface area contributed by atoms with E-state index in [0.717, 1.165) is 19.4 Å². The summed E-state index contributed by atoms with van der Waals surface area (Å²) in [5, 5.41) is 0. The fraction of sp³-hybridized carbons (Fsp3) is 0.500. The highest BCUT2D eigenvalue weighted by Crippen LogP contribution is 2.17. The third kappa shape index (κ3) is 1.76. The van der Waals surface area contributed by atoms with Gasteiger partial charge in [-0.05, 0) is 25.8 Å². The van der Waals surface area contributed by atoms with Crippen molar-refractivity contribution in [1.82, 2.24) is 4.90 Å². The van der Waals surface area contributed by atoms with E-state index in [1.807, 2.05) is 17.9 Å². The van der Waals surface area contributed by atoms with Gasteiger partial charge in [0.1, 0.15) is 0 Å². The number of amides is 1. The summed E-state index contributed by atoms with van der Waals surface area (Å²) < 4.78 is 0. The van der Waals surface area contributed by atoms with Gasteiger partial charge in [0.2, 0.25) is 5.91 Å². The quantitative estimate of drug-likeness (QED) is 0.451. The number of allylic oxidation sites excluding steroid dienone is 1. The monoisotopic (exact) mass is 165 g/mol. The Balaban J connectivity index is 2.61. The minimum Gasteiger partial charge on any atom is -0.333 e. The van der Waals surface area contributed by atoms with Crippen molar-refractivity contribution in [2.24, 2.45) is 0 Å². The van der Waals surface area contributed by atoms with E-state index in [0.29, 0.717) is 0 Å². The molecule has 1 aliphatic rings. The van der Waals surface area contributed by atoms with Crippen molar-refractivity contribution in [1.29, 1.82) is 0 Å². The smallest absolute Gasteiger partial charge is 0.246 e. The molecule has 1 heterocycles. The Bertz CT molecular complexity index is 208. The standard InChI is InChI=1S/C10H15NO/c1-3-6-10(12)11-8-5-7-9(11)4-2/h3-4,6,9H,2,5,7-8H2,1H3/b6-3+/t9-/m1/s1. The van der Waals surface area contributed by atoms with E-state index >= 15 is 0 Å². The van der Waals surface area contributed by atoms with Crippen molar-refractivity contribution in [2.45, 2.75) is 25.8 Å². The maximum Gasteiger partial charge on any atom is 0.246 e. The molecule has 12 heavy (non-hydrogen) atoms. The summed E-state index contributed by atoms with van der Waals surface area (Å²) in [6, 6.07) is 0.258. The Morgan fingerprint density at radius 3 is 3.00 bits per heavy atom. The number of rotatable bonds is 2. The molecule has 0 unspecified atom stereocenters. The van der Waals surface area contributed by atoms with E-state index in [1.165, 1.54) is 0 Å². The number of hydrogen-bond acceptors (Lipinski definition) is 1. The van der Waals surface area contributed by atoms with Crippen LogP contribution in [0.4, 0.5) is 0 Å². The first kappa shape index (κ1) is 9.04. The second-order valence-corrected chi connectivity index (χ2v) is 2.98. The molecule has 0 aromatic rings. The zero-order valence-electron chi connectivity index (χ0n) is 7.49. The van der Waals surface area contributed by atoms with Gasteiger partial charge in [-0.2, -0.15) is 0 Å². The van der Waals surface area contributed by atoms with Gasteiger partial charge in [0, 0.05) is 6.54 Å². The van der Waals surface area contributed by atoms with Gasteiger partial charge in [-0.25, -0.2) is 0 Å². The van der Waals surface area contributed by atoms with Gasteiger partial charge >= 0.3 is 0 Å². The molecular weight excluding hydrogens is 150 g/mol. The lowest BCUT2D eigenvalue weighted by molar-refractivity contribution is -0.126. The van der Waals surface area contributed by atoms with Crippen LogP contribution in [-0.2, 0) is 4.79 Å². The molecule has 1 saturated heterocycles. The van der Waals surface area contributed by atoms with Gasteiger partial charge in [0.15, 0.2) is 0 Å². The maximum atomic E-state index is 11.4. The average Bonchev–Trinajstić information content (AvgIpc) is 2.51. The maximum absolute atomic E-state index is 11.4. The van der Waals surface area contributed by atoms with Crippen LogP contribution >= 0.6 is 0 Å². The molecule has 0 aromatic carbocycles. The molecule has 1 fully saturated rings. The topological polar surface area (TPSA) is 20.3 Å². The van der Waals surface area contributed by atoms with Gasteiger partial charge < -0.3 is 4.90 Å². The lowest BCUT2D eigenvalue weighted by Gasteiger charge is -2.19. The first-order valence-electron chi connectivity index (χ1n) is 4.35. The highest BCUT2D eigenvalue weighted by Gasteiger charge is 2.24. The number of likely N-dealkylation sites (tertiary alicyclic amines) is 1. The first-order chi connectivity index (χ1) is 5.79. The first-order valence-corrected chi connectivity index (χ1v) is 4.35. The lowest BCUT2D eigenvalue weighted by atomic mass is 10.2. The Labute approximate surface area is 73.6 Å². The number of carbonyl (C=O) groups is 1. The molecule has 2 nitrogen and oxygen atoms in total. The molecule has 0 bridgehead atoms. The van der Waals surface area contributed by atoms with Crippen LogP contribution in [0.3, 0.4) is 0 Å². The molecule has 2 heteroatoms. The minimum absolute atomic E-state index is 0.111. The van der Waals surface area contributed by atoms with Crippen molar-refractivity contribution < 1.29 is 4.79 Å². The molecule has 1 aliphatic heterocycles. The number of hydrogen-bond donors (Lipinski definition) is 0. The molecular formula is C10H15NO. The van der Waals surface area contributed by atoms with Crippen LogP contribution in [0.5, 0.6) is 0 Å². The molecule has 0 aliphatic carbocycles. The number of nitrogens with zero attached hydrogens (tertiary/aromatic N) is 1. The highest BCUT2D eigenvalue weighted by molar-refractivity contribution is 5.88. The van der Waals surface area contributed by atoms with Crippen LogP contribution in [0.25, 0.3) is 0 Å². The zero-order chi connectivity index (χ0) is 8.97. The van der Waals surface area contributed by atoms with Gasteiger partial charge in [-0.1, -0.05) is 12.2 Å². The van der Waals surface area contributed by atoms with Crippen LogP contribution in [0, 0.1) is 0 Å². The summed E-state index contributed by atoms with van der Waals surface area (Å²) in [4.78, 5) is 13.3. The molecule has 0 saturated carbocycles. The lowest BCUT2D eigenvalue weighted by Crippen LogP contribution is -2.32. The summed E-state index contributed by atoms with van der Waals surface area (Å²) >= 11 is 0. The van der Waals surface area contributed by atoms with E-state index in [-0.39, 0.29) is 11.9 Å². The van der Waals surface area contributed by atoms with Crippen molar-refractivity contribution in [3.8, 4) is 0 Å². The summed E-state index contributed by atoms with van der Waals surface area (Å²) in [7, 11) is 0. The van der Waals surface area contributed by atoms with E-state index in [2.05, 4.69) is 6.58 Å². The van der Waals surface area contributed by atoms with Gasteiger partial charge in [0.05, 0.1) is 6.04 Å². The summed E-state index contributed by atoms with van der Waals surface area (Å²) in [6.07, 6.45) is 7.41. The Hall–Kier alpha value is -1.05. The summed E-state index contributed by atoms with van der Waals surface area (Å²) in [5.74, 6) is 0.111. The second kappa shape index (κ2) is 4.10. The molecule has 1 rings (SSSR count). The van der Waals surface area contributed by atoms with E-state index < -0.39 is 0 Å². The van der Waals surface area contributed by atoms with Crippen molar-refractivity contribution in [3.05, 3.63) is 24.8 Å². The SMILES string of the molecule is C=C[C@@H]1CCCN1C(=O)/C=C/C. The fourth-order valence-corrected chi connectivity index (χ4v) is 1.55. The largest absolute Gasteiger partial charge is 0.333 e. The van der Waals surface area contributed by atoms with Gasteiger partial charge in [0.25, 0.3) is 0 Å². The van der Waals surface area contributed by atoms with Crippen LogP contribution < -0.4 is 0 Å². The fourth-order valence-electron chi connectivity index (χ4n) is 1.55. The molecule has 0 spiro atoms. The molecule has 0 radical (unpaired) electrons. The second-order valence-electron chi connectivity index (χ2n) is 2.98. The Kier molecular flexibility index (Phi) is 3.09. The molecule has 1 amide bonds. The van der Waals surface area contributed by atoms with Gasteiger partial charge in [-0.15, -0.1) is 6.58 Å². The highest BCUT2D eigenvalue weighted by atomic mass is 16.2. The average molecular weight is 165 g/mol. The van der Waals surface area contributed by atoms with E-state index in [9.17, 15) is 4.79 Å².